The summed E-state index contributed by atoms with van der Waals surface area (Å²) in [7, 11) is -2.48. The molecule has 0 spiro atoms. The lowest BCUT2D eigenvalue weighted by Crippen LogP contribution is -2.44. The molecule has 1 saturated heterocycles. The first-order chi connectivity index (χ1) is 19.0. The Labute approximate surface area is 230 Å². The Morgan fingerprint density at radius 1 is 1.12 bits per heavy atom. The van der Waals surface area contributed by atoms with Crippen LogP contribution in [0.15, 0.2) is 42.7 Å². The van der Waals surface area contributed by atoms with E-state index in [0.717, 1.165) is 17.7 Å². The van der Waals surface area contributed by atoms with Crippen LogP contribution in [0, 0.1) is 11.6 Å². The number of hydrogen-bond donors (Lipinski definition) is 3. The second-order valence-electron chi connectivity index (χ2n) is 10.3. The van der Waals surface area contributed by atoms with Gasteiger partial charge in [-0.3, -0.25) is 9.40 Å². The zero-order valence-electron chi connectivity index (χ0n) is 22.2. The number of piperidine rings is 1. The Kier molecular flexibility index (Phi) is 7.69. The molecule has 13 heteroatoms. The van der Waals surface area contributed by atoms with Crippen molar-refractivity contribution in [2.45, 2.75) is 44.2 Å². The van der Waals surface area contributed by atoms with Crippen LogP contribution in [0.25, 0.3) is 22.0 Å². The zero-order chi connectivity index (χ0) is 28.6. The van der Waals surface area contributed by atoms with Crippen molar-refractivity contribution in [2.24, 2.45) is 7.05 Å². The number of nitrogens with zero attached hydrogens (tertiary/aromatic N) is 4. The maximum absolute atomic E-state index is 15.1. The van der Waals surface area contributed by atoms with Gasteiger partial charge in [0.15, 0.2) is 11.6 Å². The third-order valence-corrected chi connectivity index (χ3v) is 7.90. The number of alkyl halides is 1. The van der Waals surface area contributed by atoms with E-state index in [-0.39, 0.29) is 23.2 Å². The Balaban J connectivity index is 1.44. The molecule has 2 aromatic heterocycles. The first-order valence-electron chi connectivity index (χ1n) is 12.9. The van der Waals surface area contributed by atoms with Gasteiger partial charge in [0.25, 0.3) is 0 Å². The summed E-state index contributed by atoms with van der Waals surface area (Å²) in [5.41, 5.74) is 1.76. The van der Waals surface area contributed by atoms with Crippen LogP contribution in [0.1, 0.15) is 37.4 Å². The van der Waals surface area contributed by atoms with Gasteiger partial charge in [0.1, 0.15) is 17.6 Å². The van der Waals surface area contributed by atoms with Crippen molar-refractivity contribution in [1.29, 1.82) is 0 Å². The summed E-state index contributed by atoms with van der Waals surface area (Å²) in [5.74, 6) is -2.23. The van der Waals surface area contributed by atoms with Gasteiger partial charge in [0.2, 0.25) is 16.0 Å². The Bertz CT molecular complexity index is 1640. The number of anilines is 2. The van der Waals surface area contributed by atoms with Gasteiger partial charge in [-0.25, -0.2) is 31.6 Å². The average Bonchev–Trinajstić information content (AvgIpc) is 3.28. The van der Waals surface area contributed by atoms with Gasteiger partial charge < -0.3 is 10.6 Å². The van der Waals surface area contributed by atoms with Crippen molar-refractivity contribution < 1.29 is 21.6 Å². The van der Waals surface area contributed by atoms with Gasteiger partial charge >= 0.3 is 0 Å². The molecule has 2 atom stereocenters. The number of nitrogens with one attached hydrogen (secondary N) is 3. The van der Waals surface area contributed by atoms with E-state index in [1.165, 1.54) is 10.7 Å². The highest BCUT2D eigenvalue weighted by Crippen LogP contribution is 2.34. The van der Waals surface area contributed by atoms with E-state index < -0.39 is 39.3 Å². The van der Waals surface area contributed by atoms with Crippen LogP contribution in [0.2, 0.25) is 0 Å². The fraction of sp³-hybridized carbons (Fsp3) is 0.370. The molecule has 9 nitrogen and oxygen atoms in total. The number of hydrogen-bond acceptors (Lipinski definition) is 7. The van der Waals surface area contributed by atoms with E-state index in [4.69, 9.17) is 0 Å². The van der Waals surface area contributed by atoms with Gasteiger partial charge in [0.05, 0.1) is 11.2 Å². The highest BCUT2D eigenvalue weighted by Gasteiger charge is 2.23. The van der Waals surface area contributed by atoms with E-state index in [9.17, 15) is 12.8 Å². The minimum atomic E-state index is -4.11. The first kappa shape index (κ1) is 27.8. The number of halogens is 3. The van der Waals surface area contributed by atoms with E-state index in [2.05, 4.69) is 25.7 Å². The zero-order valence-corrected chi connectivity index (χ0v) is 23.1. The summed E-state index contributed by atoms with van der Waals surface area (Å²) >= 11 is 0. The lowest BCUT2D eigenvalue weighted by Gasteiger charge is -2.26. The van der Waals surface area contributed by atoms with Crippen LogP contribution in [0.4, 0.5) is 24.8 Å². The number of aromatic nitrogens is 4. The normalized spacial score (nSPS) is 17.9. The summed E-state index contributed by atoms with van der Waals surface area (Å²) in [6, 6.07) is 7.08. The summed E-state index contributed by atoms with van der Waals surface area (Å²) in [5, 5.41) is 10.9. The predicted octanol–water partition coefficient (Wildman–Crippen LogP) is 4.49. The highest BCUT2D eigenvalue weighted by atomic mass is 32.2. The fourth-order valence-electron chi connectivity index (χ4n) is 4.80. The number of aryl methyl sites for hydroxylation is 1. The molecule has 40 heavy (non-hydrogen) atoms. The largest absolute Gasteiger partial charge is 0.350 e. The molecule has 1 aliphatic heterocycles. The molecular weight excluding hydrogens is 543 g/mol. The second kappa shape index (κ2) is 11.0. The number of benzene rings is 2. The van der Waals surface area contributed by atoms with Gasteiger partial charge in [-0.2, -0.15) is 5.10 Å². The average molecular weight is 574 g/mol. The molecule has 3 heterocycles. The first-order valence-corrected chi connectivity index (χ1v) is 14.5. The predicted molar refractivity (Wildman–Crippen MR) is 148 cm³/mol. The topological polar surface area (TPSA) is 114 Å². The highest BCUT2D eigenvalue weighted by molar-refractivity contribution is 7.91. The van der Waals surface area contributed by atoms with Crippen LogP contribution in [0.3, 0.4) is 0 Å². The van der Waals surface area contributed by atoms with Crippen LogP contribution >= 0.6 is 0 Å². The van der Waals surface area contributed by atoms with Crippen LogP contribution in [-0.4, -0.2) is 53.5 Å². The summed E-state index contributed by atoms with van der Waals surface area (Å²) in [6.45, 7) is 4.89. The molecule has 1 aliphatic rings. The molecule has 0 amide bonds. The van der Waals surface area contributed by atoms with Gasteiger partial charge in [0, 0.05) is 50.4 Å². The van der Waals surface area contributed by atoms with Crippen molar-refractivity contribution in [3.63, 3.8) is 0 Å². The third kappa shape index (κ3) is 6.20. The Morgan fingerprint density at radius 2 is 1.85 bits per heavy atom. The lowest BCUT2D eigenvalue weighted by molar-refractivity contribution is 0.254. The minimum absolute atomic E-state index is 0.0177. The molecule has 0 saturated carbocycles. The molecule has 5 rings (SSSR count). The molecule has 2 aromatic carbocycles. The van der Waals surface area contributed by atoms with Crippen molar-refractivity contribution in [1.82, 2.24) is 25.1 Å². The van der Waals surface area contributed by atoms with E-state index in [0.29, 0.717) is 41.9 Å². The van der Waals surface area contributed by atoms with Gasteiger partial charge in [-0.15, -0.1) is 0 Å². The quantitative estimate of drug-likeness (QED) is 0.285. The monoisotopic (exact) mass is 573 g/mol. The molecule has 4 aromatic rings. The van der Waals surface area contributed by atoms with E-state index >= 15 is 8.78 Å². The van der Waals surface area contributed by atoms with E-state index in [1.807, 2.05) is 24.6 Å². The van der Waals surface area contributed by atoms with Crippen molar-refractivity contribution >= 4 is 32.6 Å². The SMILES string of the molecule is CC(C)c1cc(-c2cc(F)c(NS(=O)(=O)Cc3ccn(C)n3)c(F)c2)cc2cnc(N[C@@H]3CNC[C@@H](F)C3)nc12. The number of fused-ring (bicyclic) bond motifs is 1. The van der Waals surface area contributed by atoms with Crippen LogP contribution in [-0.2, 0) is 22.8 Å². The van der Waals surface area contributed by atoms with Crippen LogP contribution < -0.4 is 15.4 Å². The maximum Gasteiger partial charge on any atom is 0.238 e. The standard InChI is InChI=1S/C27H30F3N7O2S/c1-15(2)22-7-16(6-18-11-32-27(34-25(18)22)33-21-10-19(28)12-31-13-21)17-8-23(29)26(24(30)9-17)36-40(38,39)14-20-4-5-37(3)35-20/h4-9,11,15,19,21,31,36H,10,12-14H2,1-3H3,(H,32,33,34)/t19-,21-/m0/s1. The van der Waals surface area contributed by atoms with Crippen molar-refractivity contribution in [3.05, 3.63) is 65.6 Å². The maximum atomic E-state index is 15.1. The molecule has 0 unspecified atom stereocenters. The fourth-order valence-corrected chi connectivity index (χ4v) is 5.92. The molecule has 1 fully saturated rings. The third-order valence-electron chi connectivity index (χ3n) is 6.70. The van der Waals surface area contributed by atoms with Gasteiger partial charge in [-0.05, 0) is 52.9 Å². The summed E-state index contributed by atoms with van der Waals surface area (Å²) in [4.78, 5) is 9.05. The van der Waals surface area contributed by atoms with E-state index in [1.54, 1.807) is 25.5 Å². The smallest absolute Gasteiger partial charge is 0.238 e. The Morgan fingerprint density at radius 3 is 2.50 bits per heavy atom. The Hall–Kier alpha value is -3.71. The number of sulfonamides is 1. The molecule has 0 radical (unpaired) electrons. The molecule has 212 valence electrons. The molecule has 0 bridgehead atoms. The van der Waals surface area contributed by atoms with Crippen molar-refractivity contribution in [2.75, 3.05) is 23.1 Å². The summed E-state index contributed by atoms with van der Waals surface area (Å²) in [6.07, 6.45) is 2.61. The summed E-state index contributed by atoms with van der Waals surface area (Å²) < 4.78 is 72.5. The molecule has 3 N–H and O–H groups in total. The van der Waals surface area contributed by atoms with Crippen LogP contribution in [0.5, 0.6) is 0 Å². The minimum Gasteiger partial charge on any atom is -0.350 e. The second-order valence-corrected chi connectivity index (χ2v) is 12.1. The van der Waals surface area contributed by atoms with Gasteiger partial charge in [-0.1, -0.05) is 13.8 Å². The van der Waals surface area contributed by atoms with Crippen molar-refractivity contribution in [3.8, 4) is 11.1 Å². The number of rotatable bonds is 8. The lowest BCUT2D eigenvalue weighted by atomic mass is 9.94. The molecular formula is C27H30F3N7O2S. The molecule has 0 aliphatic carbocycles.